The first kappa shape index (κ1) is 21.4. The number of amides is 2. The number of nitrogens with one attached hydrogen (secondary N) is 2. The monoisotopic (exact) mass is 475 g/mol. The van der Waals surface area contributed by atoms with Crippen LogP contribution in [0.1, 0.15) is 18.4 Å². The molecule has 1 fully saturated rings. The van der Waals surface area contributed by atoms with Crippen LogP contribution in [-0.4, -0.2) is 47.0 Å². The number of likely N-dealkylation sites (tertiary alicyclic amines) is 1. The molecule has 0 bridgehead atoms. The summed E-state index contributed by atoms with van der Waals surface area (Å²) in [5.74, 6) is 0.0295. The number of aryl methyl sites for hydroxylation is 1. The number of ether oxygens (including phenoxy) is 1. The molecule has 2 heterocycles. The van der Waals surface area contributed by atoms with Gasteiger partial charge in [0.05, 0.1) is 5.56 Å². The van der Waals surface area contributed by atoms with Crippen LogP contribution in [0.25, 0.3) is 0 Å². The van der Waals surface area contributed by atoms with Gasteiger partial charge >= 0.3 is 12.2 Å². The first-order valence-corrected chi connectivity index (χ1v) is 9.75. The lowest BCUT2D eigenvalue weighted by atomic mass is 10.1. The molecule has 0 aliphatic carbocycles. The summed E-state index contributed by atoms with van der Waals surface area (Å²) >= 11 is 3.24. The third kappa shape index (κ3) is 5.63. The zero-order valence-electron chi connectivity index (χ0n) is 15.9. The Morgan fingerprint density at radius 1 is 1.21 bits per heavy atom. The number of urea groups is 1. The van der Waals surface area contributed by atoms with Crippen molar-refractivity contribution in [1.82, 2.24) is 14.7 Å². The van der Waals surface area contributed by atoms with Crippen LogP contribution in [0.2, 0.25) is 0 Å². The molecule has 158 valence electrons. The third-order valence-corrected chi connectivity index (χ3v) is 5.31. The molecule has 1 saturated heterocycles. The van der Waals surface area contributed by atoms with Gasteiger partial charge in [0.1, 0.15) is 16.5 Å². The van der Waals surface area contributed by atoms with Crippen LogP contribution in [0.15, 0.2) is 28.9 Å². The Hall–Kier alpha value is -2.27. The summed E-state index contributed by atoms with van der Waals surface area (Å²) in [5, 5.41) is 8.88. The molecule has 11 heteroatoms. The van der Waals surface area contributed by atoms with E-state index in [0.29, 0.717) is 17.4 Å². The third-order valence-electron chi connectivity index (χ3n) is 4.57. The van der Waals surface area contributed by atoms with Crippen molar-refractivity contribution < 1.29 is 22.7 Å². The van der Waals surface area contributed by atoms with Crippen LogP contribution in [0.5, 0.6) is 5.75 Å². The van der Waals surface area contributed by atoms with Crippen molar-refractivity contribution in [1.29, 1.82) is 0 Å². The molecule has 0 radical (unpaired) electrons. The van der Waals surface area contributed by atoms with Gasteiger partial charge in [0.25, 0.3) is 0 Å². The van der Waals surface area contributed by atoms with Gasteiger partial charge in [0, 0.05) is 31.9 Å². The number of hydrogen-bond donors (Lipinski definition) is 2. The molecule has 2 amide bonds. The number of hydrogen-bond acceptors (Lipinski definition) is 4. The fraction of sp³-hybridized carbons (Fsp3) is 0.444. The maximum Gasteiger partial charge on any atom is 0.420 e. The fourth-order valence-electron chi connectivity index (χ4n) is 3.00. The number of alkyl halides is 3. The van der Waals surface area contributed by atoms with Crippen LogP contribution in [-0.2, 0) is 13.2 Å². The predicted molar refractivity (Wildman–Crippen MR) is 106 cm³/mol. The number of anilines is 2. The highest BCUT2D eigenvalue weighted by Gasteiger charge is 2.35. The van der Waals surface area contributed by atoms with Crippen LogP contribution in [0.3, 0.4) is 0 Å². The standard InChI is InChI=1S/C18H21BrF3N5O2/c1-26-7-5-12(6-8-26)29-14-4-3-11(9-13(14)18(20,21)22)23-17(28)24-16-10-15(19)27(2)25-16/h3-4,9-10,12H,5-8H2,1-2H3,(H2,23,24,25,28). The van der Waals surface area contributed by atoms with E-state index >= 15 is 0 Å². The number of nitrogens with zero attached hydrogens (tertiary/aromatic N) is 3. The van der Waals surface area contributed by atoms with Crippen molar-refractivity contribution >= 4 is 33.5 Å². The average Bonchev–Trinajstić information content (AvgIpc) is 2.94. The molecule has 2 aromatic rings. The lowest BCUT2D eigenvalue weighted by molar-refractivity contribution is -0.139. The van der Waals surface area contributed by atoms with Gasteiger partial charge in [-0.1, -0.05) is 0 Å². The number of carbonyl (C=O) groups is 1. The minimum Gasteiger partial charge on any atom is -0.490 e. The molecule has 0 unspecified atom stereocenters. The van der Waals surface area contributed by atoms with E-state index in [4.69, 9.17) is 4.74 Å². The molecule has 29 heavy (non-hydrogen) atoms. The van der Waals surface area contributed by atoms with Crippen molar-refractivity contribution in [3.05, 3.63) is 34.4 Å². The minimum absolute atomic E-state index is 0.000509. The maximum absolute atomic E-state index is 13.5. The number of aromatic nitrogens is 2. The molecule has 0 atom stereocenters. The molecule has 1 aromatic carbocycles. The van der Waals surface area contributed by atoms with Gasteiger partial charge in [-0.2, -0.15) is 18.3 Å². The van der Waals surface area contributed by atoms with E-state index in [-0.39, 0.29) is 23.4 Å². The summed E-state index contributed by atoms with van der Waals surface area (Å²) in [7, 11) is 3.64. The lowest BCUT2D eigenvalue weighted by Crippen LogP contribution is -2.36. The van der Waals surface area contributed by atoms with Crippen LogP contribution in [0.4, 0.5) is 29.5 Å². The second kappa shape index (κ2) is 8.62. The van der Waals surface area contributed by atoms with Crippen LogP contribution in [0, 0.1) is 0 Å². The van der Waals surface area contributed by atoms with E-state index in [0.717, 1.165) is 19.2 Å². The predicted octanol–water partition coefficient (Wildman–Crippen LogP) is 4.32. The highest BCUT2D eigenvalue weighted by atomic mass is 79.9. The molecule has 2 N–H and O–H groups in total. The van der Waals surface area contributed by atoms with Gasteiger partial charge in [-0.05, 0) is 54.0 Å². The van der Waals surface area contributed by atoms with Crippen molar-refractivity contribution in [3.8, 4) is 5.75 Å². The molecule has 3 rings (SSSR count). The van der Waals surface area contributed by atoms with E-state index in [1.165, 1.54) is 16.8 Å². The van der Waals surface area contributed by atoms with Gasteiger partial charge in [-0.3, -0.25) is 10.00 Å². The molecule has 1 aliphatic rings. The van der Waals surface area contributed by atoms with Gasteiger partial charge < -0.3 is 15.0 Å². The smallest absolute Gasteiger partial charge is 0.420 e. The highest BCUT2D eigenvalue weighted by molar-refractivity contribution is 9.10. The fourth-order valence-corrected chi connectivity index (χ4v) is 3.29. The number of piperidine rings is 1. The summed E-state index contributed by atoms with van der Waals surface area (Å²) in [6.07, 6.45) is -3.55. The average molecular weight is 476 g/mol. The van der Waals surface area contributed by atoms with Crippen LogP contribution < -0.4 is 15.4 Å². The highest BCUT2D eigenvalue weighted by Crippen LogP contribution is 2.39. The molecule has 0 saturated carbocycles. The van der Waals surface area contributed by atoms with Gasteiger partial charge in [0.2, 0.25) is 0 Å². The van der Waals surface area contributed by atoms with E-state index < -0.39 is 17.8 Å². The normalized spacial score (nSPS) is 15.9. The zero-order valence-corrected chi connectivity index (χ0v) is 17.5. The van der Waals surface area contributed by atoms with Crippen molar-refractivity contribution in [2.75, 3.05) is 30.8 Å². The Kier molecular flexibility index (Phi) is 6.37. The molecule has 1 aliphatic heterocycles. The number of benzene rings is 1. The topological polar surface area (TPSA) is 71.4 Å². The van der Waals surface area contributed by atoms with Gasteiger partial charge in [-0.25, -0.2) is 4.79 Å². The first-order chi connectivity index (χ1) is 13.6. The van der Waals surface area contributed by atoms with E-state index in [2.05, 4.69) is 36.6 Å². The van der Waals surface area contributed by atoms with Crippen molar-refractivity contribution in [3.63, 3.8) is 0 Å². The summed E-state index contributed by atoms with van der Waals surface area (Å²) in [5.41, 5.74) is -0.921. The second-order valence-corrected chi connectivity index (χ2v) is 7.70. The summed E-state index contributed by atoms with van der Waals surface area (Å²) in [6.45, 7) is 1.55. The molecular formula is C18H21BrF3N5O2. The summed E-state index contributed by atoms with van der Waals surface area (Å²) < 4.78 is 48.4. The van der Waals surface area contributed by atoms with Gasteiger partial charge in [0.15, 0.2) is 5.82 Å². The Labute approximate surface area is 174 Å². The molecule has 0 spiro atoms. The quantitative estimate of drug-likeness (QED) is 0.690. The van der Waals surface area contributed by atoms with E-state index in [9.17, 15) is 18.0 Å². The largest absolute Gasteiger partial charge is 0.490 e. The van der Waals surface area contributed by atoms with E-state index in [1.807, 2.05) is 7.05 Å². The zero-order chi connectivity index (χ0) is 21.2. The molecule has 7 nitrogen and oxygen atoms in total. The number of halogens is 4. The second-order valence-electron chi connectivity index (χ2n) is 6.88. The van der Waals surface area contributed by atoms with E-state index in [1.54, 1.807) is 13.1 Å². The minimum atomic E-state index is -4.61. The number of rotatable bonds is 4. The Bertz CT molecular complexity index is 859. The van der Waals surface area contributed by atoms with Gasteiger partial charge in [-0.15, -0.1) is 0 Å². The van der Waals surface area contributed by atoms with Crippen molar-refractivity contribution in [2.45, 2.75) is 25.1 Å². The summed E-state index contributed by atoms with van der Waals surface area (Å²) in [4.78, 5) is 14.2. The Morgan fingerprint density at radius 3 is 2.48 bits per heavy atom. The van der Waals surface area contributed by atoms with Crippen LogP contribution >= 0.6 is 15.9 Å². The number of carbonyl (C=O) groups excluding carboxylic acids is 1. The Balaban J connectivity index is 1.72. The first-order valence-electron chi connectivity index (χ1n) is 8.96. The lowest BCUT2D eigenvalue weighted by Gasteiger charge is -2.30. The maximum atomic E-state index is 13.5. The van der Waals surface area contributed by atoms with Crippen molar-refractivity contribution in [2.24, 2.45) is 7.05 Å². The summed E-state index contributed by atoms with van der Waals surface area (Å²) in [6, 6.07) is 4.37. The SMILES string of the molecule is CN1CCC(Oc2ccc(NC(=O)Nc3cc(Br)n(C)n3)cc2C(F)(F)F)CC1. The Morgan fingerprint density at radius 2 is 1.90 bits per heavy atom. The molecule has 1 aromatic heterocycles. The molecular weight excluding hydrogens is 455 g/mol.